The maximum atomic E-state index is 13.1. The minimum absolute atomic E-state index is 0.202. The van der Waals surface area contributed by atoms with Crippen molar-refractivity contribution in [1.29, 1.82) is 0 Å². The summed E-state index contributed by atoms with van der Waals surface area (Å²) in [4.78, 5) is 2.26. The first-order valence-corrected chi connectivity index (χ1v) is 5.67. The smallest absolute Gasteiger partial charge is 0.165 e. The molecule has 1 heterocycles. The third kappa shape index (κ3) is 2.35. The van der Waals surface area contributed by atoms with Gasteiger partial charge in [-0.2, -0.15) is 0 Å². The van der Waals surface area contributed by atoms with Gasteiger partial charge in [-0.05, 0) is 24.4 Å². The molecule has 2 rings (SSSR count). The van der Waals surface area contributed by atoms with Crippen LogP contribution in [0.4, 0.5) is 4.39 Å². The van der Waals surface area contributed by atoms with Gasteiger partial charge in [-0.3, -0.25) is 4.90 Å². The van der Waals surface area contributed by atoms with E-state index in [0.717, 1.165) is 19.5 Å². The Morgan fingerprint density at radius 2 is 2.19 bits per heavy atom. The second kappa shape index (κ2) is 4.06. The molecule has 0 saturated carbocycles. The Balaban J connectivity index is 2.08. The Bertz CT molecular complexity index is 390. The van der Waals surface area contributed by atoms with Gasteiger partial charge in [-0.25, -0.2) is 4.39 Å². The number of phenols is 1. The van der Waals surface area contributed by atoms with Gasteiger partial charge in [-0.15, -0.1) is 0 Å². The largest absolute Gasteiger partial charge is 0.505 e. The number of nitrogens with zero attached hydrogens (tertiary/aromatic N) is 1. The molecule has 0 bridgehead atoms. The van der Waals surface area contributed by atoms with Crippen LogP contribution >= 0.6 is 0 Å². The molecule has 0 amide bonds. The van der Waals surface area contributed by atoms with Crippen LogP contribution in [0.25, 0.3) is 0 Å². The number of halogens is 1. The van der Waals surface area contributed by atoms with E-state index in [-0.39, 0.29) is 5.75 Å². The van der Waals surface area contributed by atoms with Gasteiger partial charge in [0.05, 0.1) is 0 Å². The van der Waals surface area contributed by atoms with Crippen molar-refractivity contribution in [2.45, 2.75) is 26.8 Å². The van der Waals surface area contributed by atoms with Gasteiger partial charge in [0.25, 0.3) is 0 Å². The molecule has 1 aromatic rings. The fourth-order valence-electron chi connectivity index (χ4n) is 2.29. The number of hydrogen-bond donors (Lipinski definition) is 1. The predicted octanol–water partition coefficient (Wildman–Crippen LogP) is 2.76. The molecule has 88 valence electrons. The van der Waals surface area contributed by atoms with E-state index in [0.29, 0.717) is 17.5 Å². The maximum Gasteiger partial charge on any atom is 0.165 e. The molecule has 0 spiro atoms. The lowest BCUT2D eigenvalue weighted by Crippen LogP contribution is -2.22. The SMILES string of the molecule is CC1(C)CCN(Cc2cccc(F)c2O)C1. The molecule has 16 heavy (non-hydrogen) atoms. The second-order valence-electron chi connectivity index (χ2n) is 5.37. The average molecular weight is 223 g/mol. The third-order valence-corrected chi connectivity index (χ3v) is 3.22. The van der Waals surface area contributed by atoms with E-state index in [2.05, 4.69) is 18.7 Å². The van der Waals surface area contributed by atoms with Gasteiger partial charge < -0.3 is 5.11 Å². The summed E-state index contributed by atoms with van der Waals surface area (Å²) < 4.78 is 13.1. The van der Waals surface area contributed by atoms with Gasteiger partial charge in [0.1, 0.15) is 0 Å². The molecule has 2 nitrogen and oxygen atoms in total. The molecule has 1 N–H and O–H groups in total. The van der Waals surface area contributed by atoms with Gasteiger partial charge in [0, 0.05) is 18.7 Å². The van der Waals surface area contributed by atoms with Crippen molar-refractivity contribution in [1.82, 2.24) is 4.90 Å². The molecule has 1 aliphatic rings. The van der Waals surface area contributed by atoms with Gasteiger partial charge in [0.2, 0.25) is 0 Å². The number of para-hydroxylation sites is 1. The zero-order valence-electron chi connectivity index (χ0n) is 9.83. The summed E-state index contributed by atoms with van der Waals surface area (Å²) in [5.74, 6) is -0.733. The van der Waals surface area contributed by atoms with Crippen molar-refractivity contribution >= 4 is 0 Å². The fourth-order valence-corrected chi connectivity index (χ4v) is 2.29. The van der Waals surface area contributed by atoms with Crippen LogP contribution in [0.15, 0.2) is 18.2 Å². The van der Waals surface area contributed by atoms with Crippen LogP contribution < -0.4 is 0 Å². The molecule has 3 heteroatoms. The highest BCUT2D eigenvalue weighted by Crippen LogP contribution is 2.31. The minimum atomic E-state index is -0.532. The van der Waals surface area contributed by atoms with Crippen molar-refractivity contribution in [3.8, 4) is 5.75 Å². The van der Waals surface area contributed by atoms with Gasteiger partial charge >= 0.3 is 0 Å². The Kier molecular flexibility index (Phi) is 2.89. The van der Waals surface area contributed by atoms with Crippen molar-refractivity contribution in [3.63, 3.8) is 0 Å². The molecular weight excluding hydrogens is 205 g/mol. The molecular formula is C13H18FNO. The van der Waals surface area contributed by atoms with Crippen LogP contribution in [0.3, 0.4) is 0 Å². The zero-order valence-corrected chi connectivity index (χ0v) is 9.83. The summed E-state index contributed by atoms with van der Waals surface area (Å²) >= 11 is 0. The van der Waals surface area contributed by atoms with Crippen LogP contribution in [-0.4, -0.2) is 23.1 Å². The van der Waals surface area contributed by atoms with Crippen molar-refractivity contribution in [2.24, 2.45) is 5.41 Å². The van der Waals surface area contributed by atoms with E-state index >= 15 is 0 Å². The Hall–Kier alpha value is -1.09. The molecule has 0 unspecified atom stereocenters. The number of hydrogen-bond acceptors (Lipinski definition) is 2. The fraction of sp³-hybridized carbons (Fsp3) is 0.538. The van der Waals surface area contributed by atoms with E-state index in [1.54, 1.807) is 12.1 Å². The van der Waals surface area contributed by atoms with Gasteiger partial charge in [0.15, 0.2) is 11.6 Å². The number of likely N-dealkylation sites (tertiary alicyclic amines) is 1. The number of rotatable bonds is 2. The van der Waals surface area contributed by atoms with Gasteiger partial charge in [-0.1, -0.05) is 26.0 Å². The molecule has 1 fully saturated rings. The van der Waals surface area contributed by atoms with Crippen LogP contribution in [0.1, 0.15) is 25.8 Å². The number of phenolic OH excluding ortho intramolecular Hbond substituents is 1. The average Bonchev–Trinajstić information content (AvgIpc) is 2.53. The summed E-state index contributed by atoms with van der Waals surface area (Å²) in [6.45, 7) is 7.12. The van der Waals surface area contributed by atoms with Crippen LogP contribution in [0.2, 0.25) is 0 Å². The first kappa shape index (κ1) is 11.4. The molecule has 0 aromatic heterocycles. The third-order valence-electron chi connectivity index (χ3n) is 3.22. The lowest BCUT2D eigenvalue weighted by atomic mass is 9.93. The normalized spacial score (nSPS) is 20.2. The molecule has 0 radical (unpaired) electrons. The summed E-state index contributed by atoms with van der Waals surface area (Å²) in [6.07, 6.45) is 1.16. The molecule has 1 saturated heterocycles. The van der Waals surface area contributed by atoms with E-state index in [1.165, 1.54) is 6.07 Å². The van der Waals surface area contributed by atoms with Crippen LogP contribution in [-0.2, 0) is 6.54 Å². The first-order chi connectivity index (χ1) is 7.48. The topological polar surface area (TPSA) is 23.5 Å². The Morgan fingerprint density at radius 3 is 2.81 bits per heavy atom. The van der Waals surface area contributed by atoms with E-state index < -0.39 is 5.82 Å². The minimum Gasteiger partial charge on any atom is -0.505 e. The molecule has 1 aromatic carbocycles. The lowest BCUT2D eigenvalue weighted by Gasteiger charge is -2.20. The molecule has 1 aliphatic heterocycles. The Morgan fingerprint density at radius 1 is 1.44 bits per heavy atom. The van der Waals surface area contributed by atoms with Crippen LogP contribution in [0, 0.1) is 11.2 Å². The monoisotopic (exact) mass is 223 g/mol. The molecule has 0 atom stereocenters. The maximum absolute atomic E-state index is 13.1. The highest BCUT2D eigenvalue weighted by Gasteiger charge is 2.29. The first-order valence-electron chi connectivity index (χ1n) is 5.67. The highest BCUT2D eigenvalue weighted by molar-refractivity contribution is 5.33. The number of aromatic hydroxyl groups is 1. The summed E-state index contributed by atoms with van der Waals surface area (Å²) in [5.41, 5.74) is 1.01. The lowest BCUT2D eigenvalue weighted by molar-refractivity contribution is 0.279. The van der Waals surface area contributed by atoms with Crippen LogP contribution in [0.5, 0.6) is 5.75 Å². The zero-order chi connectivity index (χ0) is 11.8. The summed E-state index contributed by atoms with van der Waals surface area (Å²) in [6, 6.07) is 4.71. The van der Waals surface area contributed by atoms with Crippen molar-refractivity contribution in [2.75, 3.05) is 13.1 Å². The van der Waals surface area contributed by atoms with E-state index in [9.17, 15) is 9.50 Å². The summed E-state index contributed by atoms with van der Waals surface area (Å²) in [7, 11) is 0. The molecule has 0 aliphatic carbocycles. The van der Waals surface area contributed by atoms with Crippen molar-refractivity contribution < 1.29 is 9.50 Å². The standard InChI is InChI=1S/C13H18FNO/c1-13(2)6-7-15(9-13)8-10-4-3-5-11(14)12(10)16/h3-5,16H,6-9H2,1-2H3. The van der Waals surface area contributed by atoms with E-state index in [1.807, 2.05) is 0 Å². The second-order valence-corrected chi connectivity index (χ2v) is 5.37. The predicted molar refractivity (Wildman–Crippen MR) is 61.7 cm³/mol. The van der Waals surface area contributed by atoms with Crippen molar-refractivity contribution in [3.05, 3.63) is 29.6 Å². The van der Waals surface area contributed by atoms with E-state index in [4.69, 9.17) is 0 Å². The quantitative estimate of drug-likeness (QED) is 0.833. The number of benzene rings is 1. The Labute approximate surface area is 95.7 Å². The summed E-state index contributed by atoms with van der Waals surface area (Å²) in [5, 5.41) is 9.59. The highest BCUT2D eigenvalue weighted by atomic mass is 19.1.